The van der Waals surface area contributed by atoms with E-state index in [1.807, 2.05) is 0 Å². The van der Waals surface area contributed by atoms with Crippen molar-refractivity contribution in [2.24, 2.45) is 0 Å². The third-order valence-corrected chi connectivity index (χ3v) is 5.67. The number of nitrogens with two attached hydrogens (primary N) is 1. The second-order valence-electron chi connectivity index (χ2n) is 8.46. The Labute approximate surface area is 210 Å². The first-order valence-corrected chi connectivity index (χ1v) is 11.6. The molecule has 1 saturated heterocycles. The predicted molar refractivity (Wildman–Crippen MR) is 130 cm³/mol. The zero-order valence-corrected chi connectivity index (χ0v) is 19.6. The van der Waals surface area contributed by atoms with Crippen molar-refractivity contribution in [1.29, 1.82) is 0 Å². The first-order chi connectivity index (χ1) is 17.7. The first-order valence-electron chi connectivity index (χ1n) is 11.6. The molecule has 1 aromatic heterocycles. The van der Waals surface area contributed by atoms with Crippen LogP contribution in [0.15, 0.2) is 54.7 Å². The van der Waals surface area contributed by atoms with Crippen molar-refractivity contribution >= 4 is 17.6 Å². The maximum Gasteiger partial charge on any atom is 0.573 e. The molecule has 12 heteroatoms. The molecule has 1 aliphatic heterocycles. The molecule has 37 heavy (non-hydrogen) atoms. The zero-order valence-electron chi connectivity index (χ0n) is 19.6. The van der Waals surface area contributed by atoms with Crippen LogP contribution in [0.1, 0.15) is 39.3 Å². The van der Waals surface area contributed by atoms with E-state index in [0.717, 1.165) is 37.1 Å². The third kappa shape index (κ3) is 7.17. The number of ether oxygens (including phenoxy) is 1. The lowest BCUT2D eigenvalue weighted by atomic mass is 10.1. The molecule has 0 bridgehead atoms. The Hall–Kier alpha value is -4.19. The molecule has 5 N–H and O–H groups in total. The summed E-state index contributed by atoms with van der Waals surface area (Å²) in [5.41, 5.74) is 7.98. The summed E-state index contributed by atoms with van der Waals surface area (Å²) in [5, 5.41) is 8.88. The number of nitrogens with one attached hydrogen (secondary N) is 3. The molecule has 2 amide bonds. The molecule has 2 aromatic carbocycles. The number of halogens is 3. The topological polar surface area (TPSA) is 131 Å². The Balaban J connectivity index is 1.41. The molecule has 194 valence electrons. The van der Waals surface area contributed by atoms with Gasteiger partial charge in [0, 0.05) is 30.3 Å². The molecule has 4 rings (SSSR count). The summed E-state index contributed by atoms with van der Waals surface area (Å²) in [6.07, 6.45) is -1.50. The Morgan fingerprint density at radius 1 is 1.14 bits per heavy atom. The lowest BCUT2D eigenvalue weighted by molar-refractivity contribution is -0.274. The number of benzene rings is 2. The fourth-order valence-corrected chi connectivity index (χ4v) is 3.87. The highest BCUT2D eigenvalue weighted by Crippen LogP contribution is 2.23. The van der Waals surface area contributed by atoms with Crippen molar-refractivity contribution in [1.82, 2.24) is 25.9 Å². The fourth-order valence-electron chi connectivity index (χ4n) is 3.87. The maximum absolute atomic E-state index is 12.8. The number of amides is 2. The third-order valence-electron chi connectivity index (χ3n) is 5.67. The fraction of sp³-hybridized carbons (Fsp3) is 0.280. The molecular weight excluding hydrogens is 489 g/mol. The second kappa shape index (κ2) is 11.2. The molecule has 0 aliphatic carbocycles. The van der Waals surface area contributed by atoms with Crippen LogP contribution in [0.4, 0.5) is 19.0 Å². The van der Waals surface area contributed by atoms with E-state index in [4.69, 9.17) is 5.73 Å². The summed E-state index contributed by atoms with van der Waals surface area (Å²) in [4.78, 5) is 33.7. The number of anilines is 1. The number of hydrogen-bond donors (Lipinski definition) is 4. The van der Waals surface area contributed by atoms with Crippen LogP contribution in [0, 0.1) is 0 Å². The molecule has 1 aliphatic rings. The lowest BCUT2D eigenvalue weighted by Crippen LogP contribution is -2.46. The average molecular weight is 515 g/mol. The van der Waals surface area contributed by atoms with Crippen LogP contribution < -0.4 is 26.4 Å². The van der Waals surface area contributed by atoms with Crippen LogP contribution in [-0.4, -0.2) is 47.3 Å². The molecule has 0 spiro atoms. The van der Waals surface area contributed by atoms with E-state index in [2.05, 4.69) is 30.7 Å². The van der Waals surface area contributed by atoms with E-state index >= 15 is 0 Å². The number of aromatic nitrogens is 2. The first kappa shape index (κ1) is 25.9. The molecule has 2 heterocycles. The minimum absolute atomic E-state index is 0.00795. The maximum atomic E-state index is 12.8. The summed E-state index contributed by atoms with van der Waals surface area (Å²) in [7, 11) is 0. The van der Waals surface area contributed by atoms with E-state index in [-0.39, 0.29) is 29.7 Å². The van der Waals surface area contributed by atoms with E-state index < -0.39 is 23.9 Å². The van der Waals surface area contributed by atoms with Gasteiger partial charge in [-0.2, -0.15) is 0 Å². The molecule has 1 unspecified atom stereocenters. The molecule has 9 nitrogen and oxygen atoms in total. The second-order valence-corrected chi connectivity index (χ2v) is 8.46. The monoisotopic (exact) mass is 514 g/mol. The molecule has 1 fully saturated rings. The molecule has 1 atom stereocenters. The number of nitrogen functional groups attached to an aromatic ring is 1. The number of nitrogens with zero attached hydrogens (tertiary/aromatic N) is 2. The van der Waals surface area contributed by atoms with Crippen molar-refractivity contribution < 1.29 is 27.5 Å². The van der Waals surface area contributed by atoms with Crippen LogP contribution in [0.5, 0.6) is 5.75 Å². The molecule has 0 radical (unpaired) electrons. The zero-order chi connectivity index (χ0) is 26.4. The lowest BCUT2D eigenvalue weighted by Gasteiger charge is -2.23. The van der Waals surface area contributed by atoms with Gasteiger partial charge in [0.05, 0.1) is 11.9 Å². The van der Waals surface area contributed by atoms with Gasteiger partial charge in [-0.1, -0.05) is 18.2 Å². The average Bonchev–Trinajstić information content (AvgIpc) is 2.88. The van der Waals surface area contributed by atoms with Crippen molar-refractivity contribution in [3.63, 3.8) is 0 Å². The van der Waals surface area contributed by atoms with Gasteiger partial charge in [0.25, 0.3) is 11.8 Å². The predicted octanol–water partition coefficient (Wildman–Crippen LogP) is 3.04. The Morgan fingerprint density at radius 2 is 1.92 bits per heavy atom. The van der Waals surface area contributed by atoms with Gasteiger partial charge in [0.15, 0.2) is 11.5 Å². The van der Waals surface area contributed by atoms with Gasteiger partial charge in [-0.3, -0.25) is 9.59 Å². The summed E-state index contributed by atoms with van der Waals surface area (Å²) < 4.78 is 40.7. The van der Waals surface area contributed by atoms with Crippen LogP contribution in [0.3, 0.4) is 0 Å². The number of piperidine rings is 1. The quantitative estimate of drug-likeness (QED) is 0.381. The number of hydrogen-bond acceptors (Lipinski definition) is 7. The van der Waals surface area contributed by atoms with E-state index in [0.29, 0.717) is 17.8 Å². The Morgan fingerprint density at radius 3 is 2.62 bits per heavy atom. The number of carbonyl (C=O) groups excluding carboxylic acids is 2. The molecule has 0 saturated carbocycles. The van der Waals surface area contributed by atoms with Gasteiger partial charge in [-0.05, 0) is 55.3 Å². The van der Waals surface area contributed by atoms with Crippen molar-refractivity contribution in [3.05, 3.63) is 71.5 Å². The van der Waals surface area contributed by atoms with Gasteiger partial charge < -0.3 is 26.4 Å². The SMILES string of the molecule is Nc1ncc(-c2cccc(CNC(=O)c3ccc(OC(F)(F)F)cc3)c2)nc1C(=O)NC1CCCNC1. The minimum atomic E-state index is -4.80. The van der Waals surface area contributed by atoms with Crippen molar-refractivity contribution in [2.75, 3.05) is 18.8 Å². The Bertz CT molecular complexity index is 1260. The highest BCUT2D eigenvalue weighted by molar-refractivity contribution is 5.97. The van der Waals surface area contributed by atoms with Crippen LogP contribution in [0.25, 0.3) is 11.3 Å². The van der Waals surface area contributed by atoms with Crippen LogP contribution in [0.2, 0.25) is 0 Å². The normalized spacial score (nSPS) is 15.6. The largest absolute Gasteiger partial charge is 0.573 e. The van der Waals surface area contributed by atoms with Gasteiger partial charge in [0.2, 0.25) is 0 Å². The summed E-state index contributed by atoms with van der Waals surface area (Å²) in [5.74, 6) is -1.24. The van der Waals surface area contributed by atoms with Crippen LogP contribution in [-0.2, 0) is 6.54 Å². The summed E-state index contributed by atoms with van der Waals surface area (Å²) in [6.45, 7) is 1.75. The van der Waals surface area contributed by atoms with Gasteiger partial charge in [-0.25, -0.2) is 9.97 Å². The van der Waals surface area contributed by atoms with Gasteiger partial charge in [-0.15, -0.1) is 13.2 Å². The van der Waals surface area contributed by atoms with Crippen LogP contribution >= 0.6 is 0 Å². The highest BCUT2D eigenvalue weighted by atomic mass is 19.4. The Kier molecular flexibility index (Phi) is 7.87. The van der Waals surface area contributed by atoms with E-state index in [1.54, 1.807) is 24.3 Å². The standard InChI is InChI=1S/C25H25F3N6O3/c26-25(27,28)37-19-8-6-16(7-9-19)23(35)32-12-15-3-1-4-17(11-15)20-14-31-22(29)21(34-20)24(36)33-18-5-2-10-30-13-18/h1,3-4,6-9,11,14,18,30H,2,5,10,12-13H2,(H2,29,31)(H,32,35)(H,33,36). The number of rotatable bonds is 7. The summed E-state index contributed by atoms with van der Waals surface area (Å²) in [6, 6.07) is 11.8. The molecule has 3 aromatic rings. The van der Waals surface area contributed by atoms with Gasteiger partial charge in [0.1, 0.15) is 5.75 Å². The number of alkyl halides is 3. The van der Waals surface area contributed by atoms with E-state index in [9.17, 15) is 22.8 Å². The smallest absolute Gasteiger partial charge is 0.406 e. The highest BCUT2D eigenvalue weighted by Gasteiger charge is 2.31. The van der Waals surface area contributed by atoms with E-state index in [1.165, 1.54) is 18.3 Å². The minimum Gasteiger partial charge on any atom is -0.406 e. The van der Waals surface area contributed by atoms with Gasteiger partial charge >= 0.3 is 6.36 Å². The molecular formula is C25H25F3N6O3. The van der Waals surface area contributed by atoms with Crippen molar-refractivity contribution in [3.8, 4) is 17.0 Å². The number of carbonyl (C=O) groups is 2. The summed E-state index contributed by atoms with van der Waals surface area (Å²) >= 11 is 0. The van der Waals surface area contributed by atoms with Crippen molar-refractivity contribution in [2.45, 2.75) is 31.8 Å².